The molecule has 0 atom stereocenters. The first kappa shape index (κ1) is 20.0. The van der Waals surface area contributed by atoms with Gasteiger partial charge in [-0.25, -0.2) is 0 Å². The second-order valence-corrected chi connectivity index (χ2v) is 6.71. The Morgan fingerprint density at radius 3 is 2.64 bits per heavy atom. The molecule has 1 aliphatic rings. The minimum Gasteiger partial charge on any atom is -0.496 e. The highest BCUT2D eigenvalue weighted by atomic mass is 16.5. The van der Waals surface area contributed by atoms with Gasteiger partial charge in [0.05, 0.1) is 31.7 Å². The number of nitrogens with zero attached hydrogens (tertiary/aromatic N) is 1. The number of hydrogen-bond donors (Lipinski definition) is 2. The maximum atomic E-state index is 12.2. The van der Waals surface area contributed by atoms with Crippen LogP contribution in [-0.4, -0.2) is 52.4 Å². The highest BCUT2D eigenvalue weighted by molar-refractivity contribution is 5.77. The largest absolute Gasteiger partial charge is 0.496 e. The van der Waals surface area contributed by atoms with Crippen molar-refractivity contribution in [1.82, 2.24) is 5.32 Å². The maximum Gasteiger partial charge on any atom is 0.221 e. The molecule has 0 bridgehead atoms. The van der Waals surface area contributed by atoms with Gasteiger partial charge in [-0.3, -0.25) is 4.79 Å². The molecule has 0 unspecified atom stereocenters. The molecule has 0 radical (unpaired) electrons. The third-order valence-electron chi connectivity index (χ3n) is 4.83. The van der Waals surface area contributed by atoms with E-state index in [4.69, 9.17) is 9.47 Å². The molecule has 1 saturated heterocycles. The molecule has 3 rings (SSSR count). The van der Waals surface area contributed by atoms with E-state index in [0.29, 0.717) is 19.5 Å². The van der Waals surface area contributed by atoms with Crippen molar-refractivity contribution < 1.29 is 14.3 Å². The van der Waals surface area contributed by atoms with Crippen LogP contribution in [0.15, 0.2) is 48.5 Å². The summed E-state index contributed by atoms with van der Waals surface area (Å²) in [6, 6.07) is 16.1. The Labute approximate surface area is 166 Å². The topological polar surface area (TPSA) is 62.8 Å². The van der Waals surface area contributed by atoms with Crippen LogP contribution in [0.5, 0.6) is 5.75 Å². The number of anilines is 2. The molecule has 1 heterocycles. The number of para-hydroxylation sites is 3. The van der Waals surface area contributed by atoms with E-state index in [0.717, 1.165) is 49.7 Å². The van der Waals surface area contributed by atoms with E-state index in [-0.39, 0.29) is 5.91 Å². The van der Waals surface area contributed by atoms with Gasteiger partial charge in [0, 0.05) is 32.6 Å². The lowest BCUT2D eigenvalue weighted by Gasteiger charge is -2.30. The lowest BCUT2D eigenvalue weighted by molar-refractivity contribution is -0.120. The van der Waals surface area contributed by atoms with E-state index in [1.54, 1.807) is 7.11 Å². The van der Waals surface area contributed by atoms with E-state index in [2.05, 4.69) is 27.7 Å². The van der Waals surface area contributed by atoms with Gasteiger partial charge in [0.15, 0.2) is 0 Å². The van der Waals surface area contributed by atoms with Gasteiger partial charge in [-0.05, 0) is 30.2 Å². The number of nitrogens with one attached hydrogen (secondary N) is 2. The van der Waals surface area contributed by atoms with Crippen LogP contribution in [0.25, 0.3) is 0 Å². The third-order valence-corrected chi connectivity index (χ3v) is 4.83. The highest BCUT2D eigenvalue weighted by Crippen LogP contribution is 2.26. The van der Waals surface area contributed by atoms with E-state index in [9.17, 15) is 4.79 Å². The summed E-state index contributed by atoms with van der Waals surface area (Å²) in [5, 5.41) is 6.39. The van der Waals surface area contributed by atoms with Crippen molar-refractivity contribution in [2.75, 3.05) is 56.7 Å². The van der Waals surface area contributed by atoms with Crippen LogP contribution in [-0.2, 0) is 16.0 Å². The predicted octanol–water partition coefficient (Wildman–Crippen LogP) is 2.69. The van der Waals surface area contributed by atoms with Crippen LogP contribution in [0.3, 0.4) is 0 Å². The first-order valence-electron chi connectivity index (χ1n) is 9.82. The predicted molar refractivity (Wildman–Crippen MR) is 112 cm³/mol. The Kier molecular flexibility index (Phi) is 7.55. The molecule has 0 aliphatic carbocycles. The number of amides is 1. The number of methoxy groups -OCH3 is 1. The first-order chi connectivity index (χ1) is 13.8. The summed E-state index contributed by atoms with van der Waals surface area (Å²) in [6.45, 7) is 4.49. The summed E-state index contributed by atoms with van der Waals surface area (Å²) in [5.41, 5.74) is 3.33. The summed E-state index contributed by atoms with van der Waals surface area (Å²) in [7, 11) is 1.66. The fraction of sp³-hybridized carbons (Fsp3) is 0.409. The molecule has 0 aromatic heterocycles. The summed E-state index contributed by atoms with van der Waals surface area (Å²) in [4.78, 5) is 14.5. The first-order valence-corrected chi connectivity index (χ1v) is 9.82. The van der Waals surface area contributed by atoms with Crippen LogP contribution in [0.2, 0.25) is 0 Å². The number of benzene rings is 2. The Bertz CT molecular complexity index is 760. The van der Waals surface area contributed by atoms with Crippen molar-refractivity contribution in [1.29, 1.82) is 0 Å². The average Bonchev–Trinajstić information content (AvgIpc) is 2.75. The number of ether oxygens (including phenoxy) is 2. The fourth-order valence-electron chi connectivity index (χ4n) is 3.35. The van der Waals surface area contributed by atoms with Gasteiger partial charge >= 0.3 is 0 Å². The Balaban J connectivity index is 1.42. The molecule has 2 N–H and O–H groups in total. The molecular weight excluding hydrogens is 354 g/mol. The number of morpholine rings is 1. The van der Waals surface area contributed by atoms with Crippen molar-refractivity contribution >= 4 is 17.3 Å². The molecule has 0 saturated carbocycles. The highest BCUT2D eigenvalue weighted by Gasteiger charge is 2.14. The zero-order valence-electron chi connectivity index (χ0n) is 16.4. The van der Waals surface area contributed by atoms with E-state index in [1.165, 1.54) is 5.69 Å². The smallest absolute Gasteiger partial charge is 0.221 e. The minimum atomic E-state index is 0.0475. The molecular formula is C22H29N3O3. The third kappa shape index (κ3) is 5.63. The summed E-state index contributed by atoms with van der Waals surface area (Å²) in [5.74, 6) is 0.907. The van der Waals surface area contributed by atoms with Crippen LogP contribution in [0, 0.1) is 0 Å². The molecule has 6 nitrogen and oxygen atoms in total. The molecule has 150 valence electrons. The van der Waals surface area contributed by atoms with Crippen LogP contribution in [0.4, 0.5) is 11.4 Å². The van der Waals surface area contributed by atoms with Crippen LogP contribution in [0.1, 0.15) is 12.0 Å². The van der Waals surface area contributed by atoms with E-state index < -0.39 is 0 Å². The summed E-state index contributed by atoms with van der Waals surface area (Å²) >= 11 is 0. The van der Waals surface area contributed by atoms with Gasteiger partial charge in [-0.2, -0.15) is 0 Å². The van der Waals surface area contributed by atoms with Crippen molar-refractivity contribution in [2.24, 2.45) is 0 Å². The van der Waals surface area contributed by atoms with Gasteiger partial charge < -0.3 is 25.0 Å². The van der Waals surface area contributed by atoms with Crippen molar-refractivity contribution in [2.45, 2.75) is 12.8 Å². The molecule has 0 spiro atoms. The Morgan fingerprint density at radius 1 is 1.07 bits per heavy atom. The monoisotopic (exact) mass is 383 g/mol. The lowest BCUT2D eigenvalue weighted by atomic mass is 10.1. The molecule has 6 heteroatoms. The summed E-state index contributed by atoms with van der Waals surface area (Å²) < 4.78 is 10.8. The molecule has 2 aromatic carbocycles. The maximum absolute atomic E-state index is 12.2. The number of carbonyl (C=O) groups excluding carboxylic acids is 1. The van der Waals surface area contributed by atoms with Gasteiger partial charge in [-0.15, -0.1) is 0 Å². The Hall–Kier alpha value is -2.73. The van der Waals surface area contributed by atoms with Crippen LogP contribution >= 0.6 is 0 Å². The zero-order chi connectivity index (χ0) is 19.6. The van der Waals surface area contributed by atoms with Gasteiger partial charge in [-0.1, -0.05) is 30.3 Å². The second kappa shape index (κ2) is 10.6. The van der Waals surface area contributed by atoms with Gasteiger partial charge in [0.1, 0.15) is 5.75 Å². The van der Waals surface area contributed by atoms with Crippen molar-refractivity contribution in [3.05, 3.63) is 54.1 Å². The van der Waals surface area contributed by atoms with Crippen molar-refractivity contribution in [3.8, 4) is 5.75 Å². The number of hydrogen-bond acceptors (Lipinski definition) is 5. The number of rotatable bonds is 9. The fourth-order valence-corrected chi connectivity index (χ4v) is 3.35. The van der Waals surface area contributed by atoms with Gasteiger partial charge in [0.2, 0.25) is 5.91 Å². The van der Waals surface area contributed by atoms with Crippen molar-refractivity contribution in [3.63, 3.8) is 0 Å². The molecule has 1 aliphatic heterocycles. The molecule has 28 heavy (non-hydrogen) atoms. The lowest BCUT2D eigenvalue weighted by Crippen LogP contribution is -2.36. The standard InChI is InChI=1S/C22H29N3O3/c1-27-21-9-5-2-6-18(21)10-12-24-22(26)11-13-23-19-7-3-4-8-20(19)25-14-16-28-17-15-25/h2-9,23H,10-17H2,1H3,(H,24,26). The normalized spacial score (nSPS) is 13.8. The zero-order valence-corrected chi connectivity index (χ0v) is 16.4. The van der Waals surface area contributed by atoms with E-state index >= 15 is 0 Å². The molecule has 1 fully saturated rings. The molecule has 2 aromatic rings. The van der Waals surface area contributed by atoms with E-state index in [1.807, 2.05) is 36.4 Å². The quantitative estimate of drug-likeness (QED) is 0.697. The molecule has 1 amide bonds. The average molecular weight is 383 g/mol. The summed E-state index contributed by atoms with van der Waals surface area (Å²) in [6.07, 6.45) is 1.19. The Morgan fingerprint density at radius 2 is 1.82 bits per heavy atom. The van der Waals surface area contributed by atoms with Crippen LogP contribution < -0.4 is 20.3 Å². The second-order valence-electron chi connectivity index (χ2n) is 6.71. The SMILES string of the molecule is COc1ccccc1CCNC(=O)CCNc1ccccc1N1CCOCC1. The number of carbonyl (C=O) groups is 1. The van der Waals surface area contributed by atoms with Gasteiger partial charge in [0.25, 0.3) is 0 Å². The minimum absolute atomic E-state index is 0.0475.